The van der Waals surface area contributed by atoms with Gasteiger partial charge in [0.05, 0.1) is 0 Å². The molecule has 1 aliphatic rings. The van der Waals surface area contributed by atoms with Crippen LogP contribution in [0.15, 0.2) is 48.9 Å². The standard InChI is InChI=1S/C17H22N4/c1-20(17-4-2-3-9-19-17)16-7-12-21(13-8-16)14-15-5-10-18-11-6-15/h2-6,9-11,16H,7-8,12-14H2,1H3. The molecule has 1 saturated heterocycles. The van der Waals surface area contributed by atoms with E-state index >= 15 is 0 Å². The lowest BCUT2D eigenvalue weighted by molar-refractivity contribution is 0.203. The number of aromatic nitrogens is 2. The van der Waals surface area contributed by atoms with Gasteiger partial charge in [0.2, 0.25) is 0 Å². The first-order valence-electron chi connectivity index (χ1n) is 7.58. The van der Waals surface area contributed by atoms with Gasteiger partial charge in [-0.1, -0.05) is 6.07 Å². The van der Waals surface area contributed by atoms with Crippen molar-refractivity contribution >= 4 is 5.82 Å². The van der Waals surface area contributed by atoms with Crippen molar-refractivity contribution in [1.82, 2.24) is 14.9 Å². The van der Waals surface area contributed by atoms with E-state index in [-0.39, 0.29) is 0 Å². The topological polar surface area (TPSA) is 32.3 Å². The van der Waals surface area contributed by atoms with Crippen molar-refractivity contribution in [2.45, 2.75) is 25.4 Å². The van der Waals surface area contributed by atoms with Gasteiger partial charge in [0.25, 0.3) is 0 Å². The Bertz CT molecular complexity index is 535. The summed E-state index contributed by atoms with van der Waals surface area (Å²) in [6.45, 7) is 3.32. The predicted octanol–water partition coefficient (Wildman–Crippen LogP) is 2.58. The molecule has 0 aromatic carbocycles. The molecule has 0 aliphatic carbocycles. The maximum Gasteiger partial charge on any atom is 0.128 e. The second kappa shape index (κ2) is 6.68. The Hall–Kier alpha value is -1.94. The highest BCUT2D eigenvalue weighted by Gasteiger charge is 2.23. The summed E-state index contributed by atoms with van der Waals surface area (Å²) in [4.78, 5) is 13.4. The molecule has 2 aromatic rings. The van der Waals surface area contributed by atoms with Crippen LogP contribution in [0.3, 0.4) is 0 Å². The molecular formula is C17H22N4. The molecule has 0 radical (unpaired) electrons. The van der Waals surface area contributed by atoms with E-state index in [9.17, 15) is 0 Å². The van der Waals surface area contributed by atoms with E-state index in [1.54, 1.807) is 0 Å². The van der Waals surface area contributed by atoms with Gasteiger partial charge in [-0.25, -0.2) is 4.98 Å². The molecule has 4 heteroatoms. The quantitative estimate of drug-likeness (QED) is 0.863. The lowest BCUT2D eigenvalue weighted by Gasteiger charge is -2.37. The van der Waals surface area contributed by atoms with Gasteiger partial charge in [-0.05, 0) is 42.7 Å². The Balaban J connectivity index is 1.53. The molecule has 2 aromatic heterocycles. The third-order valence-corrected chi connectivity index (χ3v) is 4.27. The van der Waals surface area contributed by atoms with Gasteiger partial charge in [0.1, 0.15) is 5.82 Å². The molecule has 0 amide bonds. The number of hydrogen-bond donors (Lipinski definition) is 0. The van der Waals surface area contributed by atoms with Gasteiger partial charge in [-0.15, -0.1) is 0 Å². The van der Waals surface area contributed by atoms with Crippen LogP contribution in [0, 0.1) is 0 Å². The minimum absolute atomic E-state index is 0.591. The number of rotatable bonds is 4. The van der Waals surface area contributed by atoms with Crippen molar-refractivity contribution in [2.75, 3.05) is 25.0 Å². The summed E-state index contributed by atoms with van der Waals surface area (Å²) in [6.07, 6.45) is 7.99. The molecule has 21 heavy (non-hydrogen) atoms. The van der Waals surface area contributed by atoms with Crippen LogP contribution in [-0.4, -0.2) is 41.0 Å². The fourth-order valence-electron chi connectivity index (χ4n) is 2.96. The Morgan fingerprint density at radius 2 is 1.86 bits per heavy atom. The number of nitrogens with zero attached hydrogens (tertiary/aromatic N) is 4. The minimum Gasteiger partial charge on any atom is -0.357 e. The Labute approximate surface area is 126 Å². The first-order valence-corrected chi connectivity index (χ1v) is 7.58. The molecule has 0 N–H and O–H groups in total. The van der Waals surface area contributed by atoms with Crippen LogP contribution in [0.4, 0.5) is 5.82 Å². The van der Waals surface area contributed by atoms with Crippen molar-refractivity contribution in [3.05, 3.63) is 54.5 Å². The van der Waals surface area contributed by atoms with Crippen LogP contribution in [0.1, 0.15) is 18.4 Å². The SMILES string of the molecule is CN(c1ccccn1)C1CCN(Cc2ccncc2)CC1. The molecule has 0 unspecified atom stereocenters. The molecule has 0 saturated carbocycles. The monoisotopic (exact) mass is 282 g/mol. The summed E-state index contributed by atoms with van der Waals surface area (Å²) in [5, 5.41) is 0. The highest BCUT2D eigenvalue weighted by Crippen LogP contribution is 2.21. The highest BCUT2D eigenvalue weighted by molar-refractivity contribution is 5.38. The van der Waals surface area contributed by atoms with Crippen molar-refractivity contribution in [3.63, 3.8) is 0 Å². The largest absolute Gasteiger partial charge is 0.357 e. The van der Waals surface area contributed by atoms with E-state index in [2.05, 4.69) is 51.1 Å². The highest BCUT2D eigenvalue weighted by atomic mass is 15.2. The van der Waals surface area contributed by atoms with Crippen LogP contribution < -0.4 is 4.90 Å². The zero-order valence-electron chi connectivity index (χ0n) is 12.5. The molecule has 110 valence electrons. The summed E-state index contributed by atoms with van der Waals surface area (Å²) in [7, 11) is 2.16. The third kappa shape index (κ3) is 3.58. The zero-order chi connectivity index (χ0) is 14.5. The molecule has 1 fully saturated rings. The average Bonchev–Trinajstić information content (AvgIpc) is 2.57. The van der Waals surface area contributed by atoms with E-state index in [4.69, 9.17) is 0 Å². The van der Waals surface area contributed by atoms with Gasteiger partial charge in [0.15, 0.2) is 0 Å². The Morgan fingerprint density at radius 3 is 2.52 bits per heavy atom. The third-order valence-electron chi connectivity index (χ3n) is 4.27. The molecule has 3 heterocycles. The summed E-state index contributed by atoms with van der Waals surface area (Å²) < 4.78 is 0. The summed E-state index contributed by atoms with van der Waals surface area (Å²) >= 11 is 0. The van der Waals surface area contributed by atoms with Gasteiger partial charge < -0.3 is 4.90 Å². The lowest BCUT2D eigenvalue weighted by atomic mass is 10.0. The number of pyridine rings is 2. The summed E-state index contributed by atoms with van der Waals surface area (Å²) in [5.74, 6) is 1.07. The number of anilines is 1. The van der Waals surface area contributed by atoms with Crippen molar-refractivity contribution in [2.24, 2.45) is 0 Å². The van der Waals surface area contributed by atoms with E-state index < -0.39 is 0 Å². The molecular weight excluding hydrogens is 260 g/mol. The minimum atomic E-state index is 0.591. The second-order valence-electron chi connectivity index (χ2n) is 5.66. The lowest BCUT2D eigenvalue weighted by Crippen LogP contribution is -2.43. The zero-order valence-corrected chi connectivity index (χ0v) is 12.5. The van der Waals surface area contributed by atoms with Crippen molar-refractivity contribution < 1.29 is 0 Å². The molecule has 1 aliphatic heterocycles. The molecule has 0 bridgehead atoms. The fraction of sp³-hybridized carbons (Fsp3) is 0.412. The van der Waals surface area contributed by atoms with E-state index in [1.165, 1.54) is 18.4 Å². The van der Waals surface area contributed by atoms with Crippen molar-refractivity contribution in [1.29, 1.82) is 0 Å². The molecule has 0 spiro atoms. The van der Waals surface area contributed by atoms with Gasteiger partial charge in [-0.2, -0.15) is 0 Å². The van der Waals surface area contributed by atoms with Gasteiger partial charge in [-0.3, -0.25) is 9.88 Å². The van der Waals surface area contributed by atoms with E-state index in [0.29, 0.717) is 6.04 Å². The van der Waals surface area contributed by atoms with Crippen LogP contribution in [-0.2, 0) is 6.54 Å². The van der Waals surface area contributed by atoms with Gasteiger partial charge in [0, 0.05) is 51.3 Å². The first kappa shape index (κ1) is 14.0. The maximum absolute atomic E-state index is 4.45. The molecule has 0 atom stereocenters. The van der Waals surface area contributed by atoms with Gasteiger partial charge >= 0.3 is 0 Å². The summed E-state index contributed by atoms with van der Waals surface area (Å²) in [5.41, 5.74) is 1.35. The van der Waals surface area contributed by atoms with E-state index in [1.807, 2.05) is 24.7 Å². The summed E-state index contributed by atoms with van der Waals surface area (Å²) in [6, 6.07) is 10.9. The molecule has 3 rings (SSSR count). The Morgan fingerprint density at radius 1 is 1.10 bits per heavy atom. The normalized spacial score (nSPS) is 16.8. The van der Waals surface area contributed by atoms with Crippen LogP contribution in [0.5, 0.6) is 0 Å². The number of piperidine rings is 1. The van der Waals surface area contributed by atoms with E-state index in [0.717, 1.165) is 25.5 Å². The van der Waals surface area contributed by atoms with Crippen LogP contribution in [0.2, 0.25) is 0 Å². The first-order chi connectivity index (χ1) is 10.3. The second-order valence-corrected chi connectivity index (χ2v) is 5.66. The fourth-order valence-corrected chi connectivity index (χ4v) is 2.96. The average molecular weight is 282 g/mol. The predicted molar refractivity (Wildman–Crippen MR) is 85.2 cm³/mol. The molecule has 4 nitrogen and oxygen atoms in total. The Kier molecular flexibility index (Phi) is 4.46. The number of likely N-dealkylation sites (tertiary alicyclic amines) is 1. The number of hydrogen-bond acceptors (Lipinski definition) is 4. The van der Waals surface area contributed by atoms with Crippen molar-refractivity contribution in [3.8, 4) is 0 Å². The van der Waals surface area contributed by atoms with Crippen LogP contribution in [0.25, 0.3) is 0 Å². The smallest absolute Gasteiger partial charge is 0.128 e. The maximum atomic E-state index is 4.45. The van der Waals surface area contributed by atoms with Crippen LogP contribution >= 0.6 is 0 Å².